The highest BCUT2D eigenvalue weighted by atomic mass is 79.9. The van der Waals surface area contributed by atoms with Gasteiger partial charge in [0.05, 0.1) is 0 Å². The van der Waals surface area contributed by atoms with Crippen molar-refractivity contribution in [3.63, 3.8) is 0 Å². The number of carbonyl (C=O) groups excluding carboxylic acids is 3. The lowest BCUT2D eigenvalue weighted by atomic mass is 9.95. The zero-order valence-electron chi connectivity index (χ0n) is 14.3. The smallest absolute Gasteiger partial charge is 0.281 e. The van der Waals surface area contributed by atoms with Crippen molar-refractivity contribution in [2.45, 2.75) is 19.3 Å². The minimum Gasteiger partial charge on any atom is -0.343 e. The highest BCUT2D eigenvalue weighted by molar-refractivity contribution is 9.10. The molecule has 1 N–H and O–H groups in total. The first-order chi connectivity index (χ1) is 12.5. The molecule has 2 aliphatic rings. The molecule has 0 unspecified atom stereocenters. The molecule has 140 valence electrons. The summed E-state index contributed by atoms with van der Waals surface area (Å²) in [4.78, 5) is 43.9. The number of nitrogens with zero attached hydrogens (tertiary/aromatic N) is 3. The molecule has 0 spiro atoms. The second kappa shape index (κ2) is 8.85. The summed E-state index contributed by atoms with van der Waals surface area (Å²) >= 11 is 4.62. The quantitative estimate of drug-likeness (QED) is 0.760. The molecule has 0 radical (unpaired) electrons. The summed E-state index contributed by atoms with van der Waals surface area (Å²) in [6, 6.07) is 3.58. The number of rotatable bonds is 5. The van der Waals surface area contributed by atoms with Crippen LogP contribution in [0.4, 0.5) is 10.6 Å². The van der Waals surface area contributed by atoms with Crippen molar-refractivity contribution in [1.29, 1.82) is 0 Å². The van der Waals surface area contributed by atoms with Crippen molar-refractivity contribution < 1.29 is 14.4 Å². The summed E-state index contributed by atoms with van der Waals surface area (Å²) in [5.41, 5.74) is 0. The van der Waals surface area contributed by atoms with E-state index in [1.807, 2.05) is 6.07 Å². The number of amides is 3. The zero-order valence-corrected chi connectivity index (χ0v) is 16.7. The van der Waals surface area contributed by atoms with Gasteiger partial charge in [0, 0.05) is 54.9 Å². The third kappa shape index (κ3) is 4.97. The van der Waals surface area contributed by atoms with Gasteiger partial charge in [-0.05, 0) is 40.9 Å². The monoisotopic (exact) mass is 440 g/mol. The van der Waals surface area contributed by atoms with Crippen LogP contribution in [0.25, 0.3) is 0 Å². The molecule has 2 saturated heterocycles. The van der Waals surface area contributed by atoms with Crippen LogP contribution in [0.2, 0.25) is 0 Å². The maximum atomic E-state index is 12.4. The summed E-state index contributed by atoms with van der Waals surface area (Å²) in [6.45, 7) is 2.37. The molecule has 1 aromatic rings. The summed E-state index contributed by atoms with van der Waals surface area (Å²) in [6.07, 6.45) is 3.28. The van der Waals surface area contributed by atoms with Crippen molar-refractivity contribution in [2.75, 3.05) is 37.2 Å². The number of piperidine rings is 1. The average Bonchev–Trinajstić information content (AvgIpc) is 3.06. The molecular weight excluding hydrogens is 420 g/mol. The molecule has 0 bridgehead atoms. The lowest BCUT2D eigenvalue weighted by molar-refractivity contribution is -0.134. The van der Waals surface area contributed by atoms with Crippen LogP contribution in [0.5, 0.6) is 0 Å². The van der Waals surface area contributed by atoms with Gasteiger partial charge in [-0.25, -0.2) is 4.98 Å². The predicted octanol–water partition coefficient (Wildman–Crippen LogP) is 2.58. The Balaban J connectivity index is 1.41. The number of nitrogens with one attached hydrogen (secondary N) is 1. The van der Waals surface area contributed by atoms with Gasteiger partial charge >= 0.3 is 0 Å². The number of likely N-dealkylation sites (tertiary alicyclic amines) is 1. The van der Waals surface area contributed by atoms with E-state index in [2.05, 4.69) is 26.2 Å². The fraction of sp³-hybridized carbons (Fsp3) is 0.529. The minimum absolute atomic E-state index is 0.0494. The van der Waals surface area contributed by atoms with Gasteiger partial charge in [0.2, 0.25) is 11.8 Å². The number of thioether (sulfide) groups is 1. The molecule has 9 heteroatoms. The average molecular weight is 441 g/mol. The van der Waals surface area contributed by atoms with Crippen LogP contribution in [0.1, 0.15) is 19.3 Å². The summed E-state index contributed by atoms with van der Waals surface area (Å²) in [7, 11) is 0. The highest BCUT2D eigenvalue weighted by Crippen LogP contribution is 2.21. The van der Waals surface area contributed by atoms with Crippen molar-refractivity contribution in [2.24, 2.45) is 5.92 Å². The van der Waals surface area contributed by atoms with Crippen LogP contribution in [-0.4, -0.2) is 63.8 Å². The van der Waals surface area contributed by atoms with E-state index in [1.165, 1.54) is 11.8 Å². The van der Waals surface area contributed by atoms with Crippen LogP contribution in [0.15, 0.2) is 22.8 Å². The van der Waals surface area contributed by atoms with Crippen LogP contribution >= 0.6 is 27.7 Å². The van der Waals surface area contributed by atoms with Crippen molar-refractivity contribution in [1.82, 2.24) is 14.8 Å². The summed E-state index contributed by atoms with van der Waals surface area (Å²) in [5.74, 6) is 1.24. The number of aromatic nitrogens is 1. The van der Waals surface area contributed by atoms with E-state index >= 15 is 0 Å². The molecule has 0 aromatic carbocycles. The number of carbonyl (C=O) groups is 3. The van der Waals surface area contributed by atoms with Crippen LogP contribution in [0.3, 0.4) is 0 Å². The van der Waals surface area contributed by atoms with E-state index in [4.69, 9.17) is 0 Å². The third-order valence-corrected chi connectivity index (χ3v) is 6.00. The molecule has 0 aliphatic carbocycles. The molecule has 0 saturated carbocycles. The van der Waals surface area contributed by atoms with E-state index in [1.54, 1.807) is 22.1 Å². The maximum Gasteiger partial charge on any atom is 0.281 e. The van der Waals surface area contributed by atoms with Gasteiger partial charge in [-0.15, -0.1) is 0 Å². The van der Waals surface area contributed by atoms with Gasteiger partial charge < -0.3 is 15.1 Å². The third-order valence-electron chi connectivity index (χ3n) is 4.64. The lowest BCUT2D eigenvalue weighted by Gasteiger charge is -2.31. The Bertz CT molecular complexity index is 677. The van der Waals surface area contributed by atoms with Gasteiger partial charge in [0.15, 0.2) is 0 Å². The molecule has 26 heavy (non-hydrogen) atoms. The maximum absolute atomic E-state index is 12.4. The van der Waals surface area contributed by atoms with Gasteiger partial charge in [0.25, 0.3) is 5.24 Å². The largest absolute Gasteiger partial charge is 0.343 e. The van der Waals surface area contributed by atoms with Gasteiger partial charge in [-0.2, -0.15) is 0 Å². The molecule has 2 aliphatic heterocycles. The van der Waals surface area contributed by atoms with E-state index in [0.717, 1.165) is 16.8 Å². The molecule has 0 atom stereocenters. The fourth-order valence-electron chi connectivity index (χ4n) is 3.09. The Morgan fingerprint density at radius 1 is 1.27 bits per heavy atom. The highest BCUT2D eigenvalue weighted by Gasteiger charge is 2.28. The molecule has 7 nitrogen and oxygen atoms in total. The van der Waals surface area contributed by atoms with Gasteiger partial charge in [0.1, 0.15) is 5.82 Å². The zero-order chi connectivity index (χ0) is 18.5. The first kappa shape index (κ1) is 19.2. The first-order valence-corrected chi connectivity index (χ1v) is 10.4. The van der Waals surface area contributed by atoms with E-state index in [9.17, 15) is 14.4 Å². The Labute approximate surface area is 165 Å². The Morgan fingerprint density at radius 3 is 2.65 bits per heavy atom. The minimum atomic E-state index is -0.110. The van der Waals surface area contributed by atoms with Crippen molar-refractivity contribution in [3.05, 3.63) is 22.8 Å². The van der Waals surface area contributed by atoms with Crippen molar-refractivity contribution in [3.8, 4) is 0 Å². The van der Waals surface area contributed by atoms with Gasteiger partial charge in [-0.3, -0.25) is 14.4 Å². The van der Waals surface area contributed by atoms with E-state index in [-0.39, 0.29) is 23.0 Å². The lowest BCUT2D eigenvalue weighted by Crippen LogP contribution is -2.42. The number of anilines is 1. The normalized spacial score (nSPS) is 18.3. The molecular formula is C17H21BrN4O3S. The standard InChI is InChI=1S/C17H21BrN4O3S/c18-13-1-2-14(19-11-13)20-16(24)12-3-6-21(7-4-12)15(23)5-8-22-9-10-26-17(22)25/h1-2,11-12H,3-10H2,(H,19,20,24). The predicted molar refractivity (Wildman–Crippen MR) is 104 cm³/mol. The summed E-state index contributed by atoms with van der Waals surface area (Å²) in [5, 5.41) is 2.89. The van der Waals surface area contributed by atoms with Gasteiger partial charge in [-0.1, -0.05) is 11.8 Å². The number of halogens is 1. The van der Waals surface area contributed by atoms with E-state index < -0.39 is 0 Å². The molecule has 1 aromatic heterocycles. The number of pyridine rings is 1. The Hall–Kier alpha value is -1.61. The number of hydrogen-bond donors (Lipinski definition) is 1. The second-order valence-electron chi connectivity index (χ2n) is 6.36. The summed E-state index contributed by atoms with van der Waals surface area (Å²) < 4.78 is 0.858. The van der Waals surface area contributed by atoms with Crippen LogP contribution in [-0.2, 0) is 9.59 Å². The molecule has 2 fully saturated rings. The Morgan fingerprint density at radius 2 is 2.04 bits per heavy atom. The second-order valence-corrected chi connectivity index (χ2v) is 8.32. The molecule has 3 amide bonds. The van der Waals surface area contributed by atoms with Crippen LogP contribution in [0, 0.1) is 5.92 Å². The first-order valence-electron chi connectivity index (χ1n) is 8.65. The Kier molecular flexibility index (Phi) is 6.53. The van der Waals surface area contributed by atoms with Crippen LogP contribution < -0.4 is 5.32 Å². The topological polar surface area (TPSA) is 82.6 Å². The van der Waals surface area contributed by atoms with E-state index in [0.29, 0.717) is 44.7 Å². The molecule has 3 heterocycles. The fourth-order valence-corrected chi connectivity index (χ4v) is 4.17. The molecule has 3 rings (SSSR count). The van der Waals surface area contributed by atoms with Crippen molar-refractivity contribution >= 4 is 50.6 Å². The number of hydrogen-bond acceptors (Lipinski definition) is 5. The SMILES string of the molecule is O=C(Nc1ccc(Br)cn1)C1CCN(C(=O)CCN2CCSC2=O)CC1.